The molecule has 0 atom stereocenters. The zero-order valence-corrected chi connectivity index (χ0v) is 12.3. The Morgan fingerprint density at radius 3 is 2.80 bits per heavy atom. The average molecular weight is 286 g/mol. The monoisotopic (exact) mass is 286 g/mol. The molecule has 0 aliphatic carbocycles. The Morgan fingerprint density at radius 1 is 1.25 bits per heavy atom. The van der Waals surface area contributed by atoms with Gasteiger partial charge in [-0.3, -0.25) is 9.97 Å². The van der Waals surface area contributed by atoms with Crippen LogP contribution in [0, 0.1) is 0 Å². The zero-order chi connectivity index (χ0) is 14.4. The van der Waals surface area contributed by atoms with E-state index in [2.05, 4.69) is 21.9 Å². The van der Waals surface area contributed by atoms with Crippen LogP contribution in [0.1, 0.15) is 17.0 Å². The minimum absolute atomic E-state index is 0.336. The van der Waals surface area contributed by atoms with Crippen molar-refractivity contribution in [2.45, 2.75) is 13.0 Å². The Bertz CT molecular complexity index is 571. The summed E-state index contributed by atoms with van der Waals surface area (Å²) in [5.74, 6) is 0. The van der Waals surface area contributed by atoms with Crippen molar-refractivity contribution in [3.63, 3.8) is 0 Å². The molecule has 0 unspecified atom stereocenters. The third-order valence-electron chi connectivity index (χ3n) is 3.01. The molecule has 0 saturated heterocycles. The molecule has 20 heavy (non-hydrogen) atoms. The van der Waals surface area contributed by atoms with E-state index in [4.69, 9.17) is 18.0 Å². The smallest absolute Gasteiger partial charge is 0.122 e. The maximum atomic E-state index is 5.60. The lowest BCUT2D eigenvalue weighted by Gasteiger charge is -2.16. The summed E-state index contributed by atoms with van der Waals surface area (Å²) in [5, 5.41) is 0. The van der Waals surface area contributed by atoms with Crippen LogP contribution in [0.4, 0.5) is 0 Å². The zero-order valence-electron chi connectivity index (χ0n) is 11.5. The highest BCUT2D eigenvalue weighted by Gasteiger charge is 2.04. The van der Waals surface area contributed by atoms with Crippen LogP contribution >= 0.6 is 12.2 Å². The molecule has 0 bridgehead atoms. The molecule has 104 valence electrons. The summed E-state index contributed by atoms with van der Waals surface area (Å²) in [4.78, 5) is 11.0. The molecule has 5 heteroatoms. The fourth-order valence-electron chi connectivity index (χ4n) is 1.95. The van der Waals surface area contributed by atoms with Gasteiger partial charge in [0.25, 0.3) is 0 Å². The normalized spacial score (nSPS) is 10.7. The van der Waals surface area contributed by atoms with Gasteiger partial charge in [0.05, 0.1) is 5.69 Å². The number of likely N-dealkylation sites (N-methyl/N-ethyl adjacent to an activating group) is 1. The van der Waals surface area contributed by atoms with Crippen LogP contribution in [-0.4, -0.2) is 33.4 Å². The van der Waals surface area contributed by atoms with Gasteiger partial charge in [-0.15, -0.1) is 0 Å². The first-order valence-electron chi connectivity index (χ1n) is 6.48. The van der Waals surface area contributed by atoms with Gasteiger partial charge in [-0.05, 0) is 36.9 Å². The molecule has 2 aromatic rings. The van der Waals surface area contributed by atoms with Gasteiger partial charge in [0.1, 0.15) is 4.99 Å². The number of hydrogen-bond donors (Lipinski definition) is 1. The van der Waals surface area contributed by atoms with Gasteiger partial charge in [-0.25, -0.2) is 0 Å². The molecule has 0 aliphatic heterocycles. The molecule has 0 radical (unpaired) electrons. The molecule has 0 aliphatic rings. The molecule has 0 saturated carbocycles. The predicted octanol–water partition coefficient (Wildman–Crippen LogP) is 1.79. The minimum atomic E-state index is 0.336. The van der Waals surface area contributed by atoms with Gasteiger partial charge >= 0.3 is 0 Å². The summed E-state index contributed by atoms with van der Waals surface area (Å²) >= 11 is 4.94. The summed E-state index contributed by atoms with van der Waals surface area (Å²) in [6.07, 6.45) is 4.51. The van der Waals surface area contributed by atoms with Crippen LogP contribution in [0.25, 0.3) is 0 Å². The summed E-state index contributed by atoms with van der Waals surface area (Å²) < 4.78 is 0. The number of aromatic nitrogens is 2. The van der Waals surface area contributed by atoms with E-state index in [1.54, 1.807) is 6.20 Å². The SMILES string of the molecule is CN(CCc1ccccn1)Cc1ccnc(C(N)=S)c1. The van der Waals surface area contributed by atoms with Crippen molar-refractivity contribution in [1.82, 2.24) is 14.9 Å². The van der Waals surface area contributed by atoms with Gasteiger partial charge in [0, 0.05) is 37.6 Å². The second-order valence-corrected chi connectivity index (χ2v) is 5.16. The number of thiocarbonyl (C=S) groups is 1. The van der Waals surface area contributed by atoms with E-state index in [0.29, 0.717) is 10.7 Å². The number of rotatable bonds is 6. The lowest BCUT2D eigenvalue weighted by molar-refractivity contribution is 0.330. The quantitative estimate of drug-likeness (QED) is 0.820. The number of pyridine rings is 2. The van der Waals surface area contributed by atoms with Crippen molar-refractivity contribution >= 4 is 17.2 Å². The van der Waals surface area contributed by atoms with E-state index in [1.165, 1.54) is 0 Å². The van der Waals surface area contributed by atoms with E-state index in [1.807, 2.05) is 36.5 Å². The Balaban J connectivity index is 1.89. The molecule has 0 aromatic carbocycles. The van der Waals surface area contributed by atoms with Crippen LogP contribution in [0.3, 0.4) is 0 Å². The Hall–Kier alpha value is -1.85. The van der Waals surface area contributed by atoms with Crippen molar-refractivity contribution in [2.75, 3.05) is 13.6 Å². The van der Waals surface area contributed by atoms with Crippen molar-refractivity contribution in [3.05, 3.63) is 59.7 Å². The first-order chi connectivity index (χ1) is 9.65. The van der Waals surface area contributed by atoms with Gasteiger partial charge in [-0.2, -0.15) is 0 Å². The Labute approximate surface area is 124 Å². The molecule has 0 amide bonds. The third-order valence-corrected chi connectivity index (χ3v) is 3.21. The van der Waals surface area contributed by atoms with Gasteiger partial charge < -0.3 is 10.6 Å². The van der Waals surface area contributed by atoms with Crippen LogP contribution < -0.4 is 5.73 Å². The number of hydrogen-bond acceptors (Lipinski definition) is 4. The van der Waals surface area contributed by atoms with Gasteiger partial charge in [0.2, 0.25) is 0 Å². The van der Waals surface area contributed by atoms with Crippen molar-refractivity contribution in [2.24, 2.45) is 5.73 Å². The fourth-order valence-corrected chi connectivity index (χ4v) is 2.06. The topological polar surface area (TPSA) is 55.0 Å². The fraction of sp³-hybridized carbons (Fsp3) is 0.267. The Morgan fingerprint density at radius 2 is 2.10 bits per heavy atom. The molecule has 4 nitrogen and oxygen atoms in total. The lowest BCUT2D eigenvalue weighted by atomic mass is 10.2. The summed E-state index contributed by atoms with van der Waals surface area (Å²) in [6, 6.07) is 9.92. The standard InChI is InChI=1S/C15H18N4S/c1-19(9-6-13-4-2-3-7-17-13)11-12-5-8-18-14(10-12)15(16)20/h2-5,7-8,10H,6,9,11H2,1H3,(H2,16,20). The Kier molecular flexibility index (Phi) is 5.15. The van der Waals surface area contributed by atoms with E-state index in [0.717, 1.165) is 30.8 Å². The molecular weight excluding hydrogens is 268 g/mol. The maximum absolute atomic E-state index is 5.60. The highest BCUT2D eigenvalue weighted by atomic mass is 32.1. The van der Waals surface area contributed by atoms with Crippen molar-refractivity contribution < 1.29 is 0 Å². The average Bonchev–Trinajstić information content (AvgIpc) is 2.46. The van der Waals surface area contributed by atoms with E-state index < -0.39 is 0 Å². The largest absolute Gasteiger partial charge is 0.388 e. The number of nitrogens with zero attached hydrogens (tertiary/aromatic N) is 3. The second-order valence-electron chi connectivity index (χ2n) is 4.72. The van der Waals surface area contributed by atoms with Crippen LogP contribution in [-0.2, 0) is 13.0 Å². The highest BCUT2D eigenvalue weighted by molar-refractivity contribution is 7.80. The number of nitrogens with two attached hydrogens (primary N) is 1. The first-order valence-corrected chi connectivity index (χ1v) is 6.89. The molecule has 2 aromatic heterocycles. The molecule has 2 heterocycles. The van der Waals surface area contributed by atoms with Crippen molar-refractivity contribution in [1.29, 1.82) is 0 Å². The molecular formula is C15H18N4S. The van der Waals surface area contributed by atoms with Crippen LogP contribution in [0.15, 0.2) is 42.7 Å². The lowest BCUT2D eigenvalue weighted by Crippen LogP contribution is -2.21. The molecule has 0 fully saturated rings. The first kappa shape index (κ1) is 14.6. The third kappa shape index (κ3) is 4.36. The van der Waals surface area contributed by atoms with Gasteiger partial charge in [0.15, 0.2) is 0 Å². The van der Waals surface area contributed by atoms with Crippen molar-refractivity contribution in [3.8, 4) is 0 Å². The van der Waals surface area contributed by atoms with Crippen LogP contribution in [0.5, 0.6) is 0 Å². The second kappa shape index (κ2) is 7.07. The summed E-state index contributed by atoms with van der Waals surface area (Å²) in [5.41, 5.74) is 8.54. The van der Waals surface area contributed by atoms with Crippen LogP contribution in [0.2, 0.25) is 0 Å². The minimum Gasteiger partial charge on any atom is -0.388 e. The molecule has 2 N–H and O–H groups in total. The highest BCUT2D eigenvalue weighted by Crippen LogP contribution is 2.06. The van der Waals surface area contributed by atoms with E-state index >= 15 is 0 Å². The maximum Gasteiger partial charge on any atom is 0.122 e. The van der Waals surface area contributed by atoms with Gasteiger partial charge in [-0.1, -0.05) is 18.3 Å². The van der Waals surface area contributed by atoms with E-state index in [-0.39, 0.29) is 0 Å². The summed E-state index contributed by atoms with van der Waals surface area (Å²) in [7, 11) is 2.09. The van der Waals surface area contributed by atoms with E-state index in [9.17, 15) is 0 Å². The predicted molar refractivity (Wildman–Crippen MR) is 84.4 cm³/mol. The molecule has 2 rings (SSSR count). The summed E-state index contributed by atoms with van der Waals surface area (Å²) in [6.45, 7) is 1.78. The molecule has 0 spiro atoms.